The maximum Gasteiger partial charge on any atom is 0.183 e. The first-order valence-corrected chi connectivity index (χ1v) is 15.5. The molecule has 2 aromatic carbocycles. The summed E-state index contributed by atoms with van der Waals surface area (Å²) in [7, 11) is 0. The Morgan fingerprint density at radius 3 is 1.87 bits per heavy atom. The fourth-order valence-corrected chi connectivity index (χ4v) is 6.35. The Bertz CT molecular complexity index is 974. The molecule has 1 saturated heterocycles. The predicted octanol–water partition coefficient (Wildman–Crippen LogP) is 10.1. The molecule has 1 saturated carbocycles. The van der Waals surface area contributed by atoms with Crippen molar-refractivity contribution in [3.05, 3.63) is 59.7 Å². The molecule has 0 aromatic heterocycles. The number of nitrogens with zero attached hydrogens (tertiary/aromatic N) is 1. The molecule has 1 aliphatic carbocycles. The van der Waals surface area contributed by atoms with Crippen LogP contribution in [0, 0.1) is 22.7 Å². The van der Waals surface area contributed by atoms with E-state index in [1.807, 2.05) is 0 Å². The minimum absolute atomic E-state index is 0.0773. The molecule has 2 fully saturated rings. The van der Waals surface area contributed by atoms with Crippen molar-refractivity contribution in [3.8, 4) is 17.2 Å². The molecule has 1 aliphatic heterocycles. The van der Waals surface area contributed by atoms with Gasteiger partial charge in [-0.05, 0) is 61.1 Å². The van der Waals surface area contributed by atoms with Crippen molar-refractivity contribution in [1.29, 1.82) is 5.26 Å². The first-order chi connectivity index (χ1) is 18.7. The number of hydrogen-bond donors (Lipinski definition) is 0. The molecule has 1 heterocycles. The SMILES string of the molecule is CCCCCCCC1(C#N)CCC(c2ccc(-c3ccc(C4OCC(CCCCC)CO4)cc3)cc2)CC1. The summed E-state index contributed by atoms with van der Waals surface area (Å²) in [6, 6.07) is 20.6. The van der Waals surface area contributed by atoms with Gasteiger partial charge in [0.05, 0.1) is 24.7 Å². The van der Waals surface area contributed by atoms with Gasteiger partial charge in [0, 0.05) is 11.5 Å². The van der Waals surface area contributed by atoms with Crippen molar-refractivity contribution in [2.24, 2.45) is 11.3 Å². The summed E-state index contributed by atoms with van der Waals surface area (Å²) < 4.78 is 12.1. The lowest BCUT2D eigenvalue weighted by Gasteiger charge is -2.35. The van der Waals surface area contributed by atoms with E-state index in [1.165, 1.54) is 74.5 Å². The van der Waals surface area contributed by atoms with Crippen LogP contribution in [0.15, 0.2) is 48.5 Å². The molecule has 4 rings (SSSR count). The van der Waals surface area contributed by atoms with Gasteiger partial charge < -0.3 is 9.47 Å². The standard InChI is InChI=1S/C35H49NO2/c1-3-5-7-8-10-22-35(27-36)23-20-32(21-24-35)31-14-12-29(13-15-31)30-16-18-33(19-17-30)34-37-25-28(26-38-34)11-9-6-4-2/h12-19,28,32,34H,3-11,20-26H2,1-2H3. The first kappa shape index (κ1) is 28.8. The van der Waals surface area contributed by atoms with E-state index in [0.29, 0.717) is 11.8 Å². The van der Waals surface area contributed by atoms with Gasteiger partial charge in [-0.3, -0.25) is 0 Å². The van der Waals surface area contributed by atoms with Gasteiger partial charge in [-0.2, -0.15) is 5.26 Å². The van der Waals surface area contributed by atoms with Gasteiger partial charge in [-0.15, -0.1) is 0 Å². The largest absolute Gasteiger partial charge is 0.348 e. The lowest BCUT2D eigenvalue weighted by Crippen LogP contribution is -2.27. The molecule has 3 nitrogen and oxygen atoms in total. The molecule has 206 valence electrons. The van der Waals surface area contributed by atoms with Crippen molar-refractivity contribution in [2.45, 2.75) is 116 Å². The first-order valence-electron chi connectivity index (χ1n) is 15.5. The van der Waals surface area contributed by atoms with Crippen LogP contribution in [0.2, 0.25) is 0 Å². The number of ether oxygens (including phenoxy) is 2. The maximum atomic E-state index is 9.95. The topological polar surface area (TPSA) is 42.2 Å². The van der Waals surface area contributed by atoms with Crippen molar-refractivity contribution in [2.75, 3.05) is 13.2 Å². The Balaban J connectivity index is 1.25. The fraction of sp³-hybridized carbons (Fsp3) is 0.629. The van der Waals surface area contributed by atoms with Gasteiger partial charge in [-0.25, -0.2) is 0 Å². The second-order valence-corrected chi connectivity index (χ2v) is 11.9. The van der Waals surface area contributed by atoms with Crippen molar-refractivity contribution < 1.29 is 9.47 Å². The molecular formula is C35H49NO2. The van der Waals surface area contributed by atoms with Gasteiger partial charge in [-0.1, -0.05) is 114 Å². The molecule has 0 unspecified atom stereocenters. The van der Waals surface area contributed by atoms with E-state index in [2.05, 4.69) is 68.4 Å². The van der Waals surface area contributed by atoms with Crippen LogP contribution in [0.1, 0.15) is 127 Å². The van der Waals surface area contributed by atoms with Gasteiger partial charge in [0.25, 0.3) is 0 Å². The zero-order valence-corrected chi connectivity index (χ0v) is 23.9. The van der Waals surface area contributed by atoms with Crippen molar-refractivity contribution in [1.82, 2.24) is 0 Å². The van der Waals surface area contributed by atoms with Crippen molar-refractivity contribution >= 4 is 0 Å². The highest BCUT2D eigenvalue weighted by molar-refractivity contribution is 5.64. The molecule has 2 aromatic rings. The number of nitriles is 1. The van der Waals surface area contributed by atoms with Crippen molar-refractivity contribution in [3.63, 3.8) is 0 Å². The normalized spacial score (nSPS) is 25.7. The molecule has 0 atom stereocenters. The average Bonchev–Trinajstić information content (AvgIpc) is 2.98. The molecule has 3 heteroatoms. The summed E-state index contributed by atoms with van der Waals surface area (Å²) in [5.74, 6) is 1.12. The second-order valence-electron chi connectivity index (χ2n) is 11.9. The number of benzene rings is 2. The lowest BCUT2D eigenvalue weighted by molar-refractivity contribution is -0.206. The molecule has 0 bridgehead atoms. The quantitative estimate of drug-likeness (QED) is 0.249. The monoisotopic (exact) mass is 515 g/mol. The number of rotatable bonds is 13. The Morgan fingerprint density at radius 1 is 0.737 bits per heavy atom. The lowest BCUT2D eigenvalue weighted by atomic mass is 9.67. The molecule has 0 amide bonds. The second kappa shape index (κ2) is 14.9. The van der Waals surface area contributed by atoms with E-state index in [4.69, 9.17) is 9.47 Å². The third kappa shape index (κ3) is 7.93. The van der Waals surface area contributed by atoms with Crippen LogP contribution < -0.4 is 0 Å². The molecule has 2 aliphatic rings. The summed E-state index contributed by atoms with van der Waals surface area (Å²) in [4.78, 5) is 0. The Morgan fingerprint density at radius 2 is 1.29 bits per heavy atom. The maximum absolute atomic E-state index is 9.95. The number of hydrogen-bond acceptors (Lipinski definition) is 3. The highest BCUT2D eigenvalue weighted by Crippen LogP contribution is 2.46. The van der Waals surface area contributed by atoms with E-state index in [-0.39, 0.29) is 11.7 Å². The zero-order valence-electron chi connectivity index (χ0n) is 23.9. The Kier molecular flexibility index (Phi) is 11.3. The molecule has 38 heavy (non-hydrogen) atoms. The van der Waals surface area contributed by atoms with Crippen LogP contribution in [0.4, 0.5) is 0 Å². The summed E-state index contributed by atoms with van der Waals surface area (Å²) in [5.41, 5.74) is 4.93. The summed E-state index contributed by atoms with van der Waals surface area (Å²) in [6.45, 7) is 6.10. The number of unbranched alkanes of at least 4 members (excludes halogenated alkanes) is 6. The summed E-state index contributed by atoms with van der Waals surface area (Å²) >= 11 is 0. The van der Waals surface area contributed by atoms with Gasteiger partial charge >= 0.3 is 0 Å². The average molecular weight is 516 g/mol. The molecule has 0 N–H and O–H groups in total. The third-order valence-corrected chi connectivity index (χ3v) is 9.02. The van der Waals surface area contributed by atoms with Crippen LogP contribution in [0.5, 0.6) is 0 Å². The van der Waals surface area contributed by atoms with Crippen LogP contribution in [0.25, 0.3) is 11.1 Å². The van der Waals surface area contributed by atoms with Crippen LogP contribution in [0.3, 0.4) is 0 Å². The molecular weight excluding hydrogens is 466 g/mol. The minimum Gasteiger partial charge on any atom is -0.348 e. The van der Waals surface area contributed by atoms with Crippen LogP contribution in [-0.2, 0) is 9.47 Å². The van der Waals surface area contributed by atoms with E-state index in [0.717, 1.165) is 50.9 Å². The Labute approximate surface area is 231 Å². The third-order valence-electron chi connectivity index (χ3n) is 9.02. The smallest absolute Gasteiger partial charge is 0.183 e. The van der Waals surface area contributed by atoms with Gasteiger partial charge in [0.15, 0.2) is 6.29 Å². The zero-order chi connectivity index (χ0) is 26.6. The van der Waals surface area contributed by atoms with E-state index >= 15 is 0 Å². The Hall–Kier alpha value is -2.15. The van der Waals surface area contributed by atoms with E-state index in [1.54, 1.807) is 0 Å². The highest BCUT2D eigenvalue weighted by atomic mass is 16.7. The van der Waals surface area contributed by atoms with Crippen LogP contribution in [-0.4, -0.2) is 13.2 Å². The molecule has 0 spiro atoms. The van der Waals surface area contributed by atoms with Crippen LogP contribution >= 0.6 is 0 Å². The summed E-state index contributed by atoms with van der Waals surface area (Å²) in [5, 5.41) is 9.95. The van der Waals surface area contributed by atoms with E-state index < -0.39 is 0 Å². The van der Waals surface area contributed by atoms with Gasteiger partial charge in [0.2, 0.25) is 0 Å². The minimum atomic E-state index is -0.239. The van der Waals surface area contributed by atoms with Gasteiger partial charge in [0.1, 0.15) is 0 Å². The summed E-state index contributed by atoms with van der Waals surface area (Å²) in [6.07, 6.45) is 16.7. The fourth-order valence-electron chi connectivity index (χ4n) is 6.35. The molecule has 0 radical (unpaired) electrons. The highest BCUT2D eigenvalue weighted by Gasteiger charge is 2.35. The van der Waals surface area contributed by atoms with E-state index in [9.17, 15) is 5.26 Å². The predicted molar refractivity (Wildman–Crippen MR) is 157 cm³/mol.